The molecule has 0 saturated carbocycles. The number of carbonyl (C=O) groups is 1. The van der Waals surface area contributed by atoms with Gasteiger partial charge in [-0.15, -0.1) is 10.2 Å². The third-order valence-corrected chi connectivity index (χ3v) is 3.37. The number of hydrogen-bond donors (Lipinski definition) is 1. The predicted molar refractivity (Wildman–Crippen MR) is 86.7 cm³/mol. The molecule has 1 heterocycles. The van der Waals surface area contributed by atoms with Crippen molar-refractivity contribution in [2.24, 2.45) is 0 Å². The van der Waals surface area contributed by atoms with Gasteiger partial charge in [0.2, 0.25) is 11.8 Å². The lowest BCUT2D eigenvalue weighted by Gasteiger charge is -2.14. The van der Waals surface area contributed by atoms with E-state index in [4.69, 9.17) is 20.8 Å². The molecule has 0 bridgehead atoms. The third-order valence-electron chi connectivity index (χ3n) is 3.08. The second-order valence-corrected chi connectivity index (χ2v) is 5.65. The van der Waals surface area contributed by atoms with Crippen LogP contribution in [0.4, 0.5) is 5.69 Å². The molecule has 0 aliphatic heterocycles. The Labute approximate surface area is 139 Å². The number of likely N-dealkylation sites (N-methyl/N-ethyl adjacent to an activating group) is 1. The van der Waals surface area contributed by atoms with Crippen LogP contribution in [-0.2, 0) is 4.79 Å². The van der Waals surface area contributed by atoms with Gasteiger partial charge in [0, 0.05) is 26.7 Å². The normalized spacial score (nSPS) is 11.9. The van der Waals surface area contributed by atoms with Crippen LogP contribution >= 0.6 is 11.6 Å². The zero-order valence-electron chi connectivity index (χ0n) is 13.5. The Hall–Kier alpha value is -2.28. The van der Waals surface area contributed by atoms with E-state index >= 15 is 0 Å². The average Bonchev–Trinajstić information content (AvgIpc) is 2.92. The fraction of sp³-hybridized carbons (Fsp3) is 0.400. The Kier molecular flexibility index (Phi) is 5.44. The molecule has 1 atom stereocenters. The van der Waals surface area contributed by atoms with E-state index in [1.54, 1.807) is 39.2 Å². The van der Waals surface area contributed by atoms with Gasteiger partial charge in [-0.05, 0) is 25.1 Å². The standard InChI is InChI=1S/C15H19ClN4O3/c1-9(15-19-18-10(2)23-15)17-11-5-6-13(12(16)7-11)22-8-14(21)20(3)4/h5-7,9,17H,8H2,1-4H3/t9-/m1/s1. The molecule has 23 heavy (non-hydrogen) atoms. The average molecular weight is 339 g/mol. The number of halogens is 1. The van der Waals surface area contributed by atoms with Crippen molar-refractivity contribution >= 4 is 23.2 Å². The number of rotatable bonds is 6. The van der Waals surface area contributed by atoms with Crippen LogP contribution in [0.15, 0.2) is 22.6 Å². The summed E-state index contributed by atoms with van der Waals surface area (Å²) in [6.45, 7) is 3.58. The van der Waals surface area contributed by atoms with E-state index < -0.39 is 0 Å². The number of aryl methyl sites for hydroxylation is 1. The summed E-state index contributed by atoms with van der Waals surface area (Å²) < 4.78 is 10.8. The SMILES string of the molecule is Cc1nnc([C@@H](C)Nc2ccc(OCC(=O)N(C)C)c(Cl)c2)o1. The number of amides is 1. The molecule has 1 aromatic heterocycles. The Morgan fingerprint density at radius 1 is 1.43 bits per heavy atom. The van der Waals surface area contributed by atoms with Crippen LogP contribution in [0.5, 0.6) is 5.75 Å². The van der Waals surface area contributed by atoms with Gasteiger partial charge in [-0.2, -0.15) is 0 Å². The molecular weight excluding hydrogens is 320 g/mol. The highest BCUT2D eigenvalue weighted by atomic mass is 35.5. The van der Waals surface area contributed by atoms with Crippen molar-refractivity contribution in [2.75, 3.05) is 26.0 Å². The number of aromatic nitrogens is 2. The molecule has 1 N–H and O–H groups in total. The molecule has 1 aromatic carbocycles. The molecule has 8 heteroatoms. The Bertz CT molecular complexity index is 687. The summed E-state index contributed by atoms with van der Waals surface area (Å²) in [4.78, 5) is 13.0. The van der Waals surface area contributed by atoms with Gasteiger partial charge < -0.3 is 19.4 Å². The van der Waals surface area contributed by atoms with Crippen molar-refractivity contribution in [3.63, 3.8) is 0 Å². The highest BCUT2D eigenvalue weighted by molar-refractivity contribution is 6.32. The largest absolute Gasteiger partial charge is 0.482 e. The first kappa shape index (κ1) is 17.1. The minimum absolute atomic E-state index is 0.0584. The quantitative estimate of drug-likeness (QED) is 0.872. The minimum atomic E-state index is -0.158. The molecule has 124 valence electrons. The maximum atomic E-state index is 11.5. The summed E-state index contributed by atoms with van der Waals surface area (Å²) in [5, 5.41) is 11.4. The first-order valence-corrected chi connectivity index (χ1v) is 7.43. The van der Waals surface area contributed by atoms with Crippen molar-refractivity contribution in [1.82, 2.24) is 15.1 Å². The molecule has 7 nitrogen and oxygen atoms in total. The van der Waals surface area contributed by atoms with Crippen LogP contribution in [0.3, 0.4) is 0 Å². The van der Waals surface area contributed by atoms with Gasteiger partial charge in [0.1, 0.15) is 11.8 Å². The van der Waals surface area contributed by atoms with Crippen LogP contribution in [0.25, 0.3) is 0 Å². The lowest BCUT2D eigenvalue weighted by molar-refractivity contribution is -0.130. The molecule has 0 fully saturated rings. The number of nitrogens with one attached hydrogen (secondary N) is 1. The maximum absolute atomic E-state index is 11.5. The molecule has 0 aliphatic rings. The lowest BCUT2D eigenvalue weighted by Crippen LogP contribution is -2.27. The molecule has 0 aliphatic carbocycles. The van der Waals surface area contributed by atoms with E-state index in [0.717, 1.165) is 5.69 Å². The van der Waals surface area contributed by atoms with E-state index in [0.29, 0.717) is 22.6 Å². The molecule has 0 unspecified atom stereocenters. The maximum Gasteiger partial charge on any atom is 0.259 e. The number of benzene rings is 1. The van der Waals surface area contributed by atoms with E-state index in [1.807, 2.05) is 6.92 Å². The summed E-state index contributed by atoms with van der Waals surface area (Å²) >= 11 is 6.18. The van der Waals surface area contributed by atoms with E-state index in [-0.39, 0.29) is 18.6 Å². The topological polar surface area (TPSA) is 80.5 Å². The summed E-state index contributed by atoms with van der Waals surface area (Å²) in [6.07, 6.45) is 0. The Morgan fingerprint density at radius 3 is 2.74 bits per heavy atom. The fourth-order valence-electron chi connectivity index (χ4n) is 1.77. The van der Waals surface area contributed by atoms with E-state index in [1.165, 1.54) is 4.90 Å². The number of nitrogens with zero attached hydrogens (tertiary/aromatic N) is 3. The van der Waals surface area contributed by atoms with Crippen molar-refractivity contribution in [3.8, 4) is 5.75 Å². The van der Waals surface area contributed by atoms with Gasteiger partial charge in [0.25, 0.3) is 5.91 Å². The van der Waals surface area contributed by atoms with E-state index in [9.17, 15) is 4.79 Å². The van der Waals surface area contributed by atoms with Crippen molar-refractivity contribution < 1.29 is 13.9 Å². The van der Waals surface area contributed by atoms with Gasteiger partial charge in [-0.1, -0.05) is 11.6 Å². The van der Waals surface area contributed by atoms with Gasteiger partial charge in [0.15, 0.2) is 6.61 Å². The van der Waals surface area contributed by atoms with Gasteiger partial charge >= 0.3 is 0 Å². The predicted octanol–water partition coefficient (Wildman–Crippen LogP) is 2.67. The van der Waals surface area contributed by atoms with Crippen molar-refractivity contribution in [3.05, 3.63) is 35.0 Å². The zero-order chi connectivity index (χ0) is 17.0. The van der Waals surface area contributed by atoms with Crippen LogP contribution < -0.4 is 10.1 Å². The first-order valence-electron chi connectivity index (χ1n) is 7.06. The molecule has 2 rings (SSSR count). The lowest BCUT2D eigenvalue weighted by atomic mass is 10.2. The highest BCUT2D eigenvalue weighted by Crippen LogP contribution is 2.29. The summed E-state index contributed by atoms with van der Waals surface area (Å²) in [5.41, 5.74) is 0.782. The van der Waals surface area contributed by atoms with Gasteiger partial charge in [-0.3, -0.25) is 4.79 Å². The molecular formula is C15H19ClN4O3. The molecule has 0 spiro atoms. The first-order chi connectivity index (χ1) is 10.9. The summed E-state index contributed by atoms with van der Waals surface area (Å²) in [7, 11) is 3.34. The van der Waals surface area contributed by atoms with E-state index in [2.05, 4.69) is 15.5 Å². The highest BCUT2D eigenvalue weighted by Gasteiger charge is 2.13. The monoisotopic (exact) mass is 338 g/mol. The van der Waals surface area contributed by atoms with Gasteiger partial charge in [-0.25, -0.2) is 0 Å². The Morgan fingerprint density at radius 2 is 2.17 bits per heavy atom. The Balaban J connectivity index is 2.00. The smallest absolute Gasteiger partial charge is 0.259 e. The summed E-state index contributed by atoms with van der Waals surface area (Å²) in [5.74, 6) is 1.33. The summed E-state index contributed by atoms with van der Waals surface area (Å²) in [6, 6.07) is 5.08. The van der Waals surface area contributed by atoms with Crippen LogP contribution in [0.1, 0.15) is 24.7 Å². The third kappa shape index (κ3) is 4.59. The second kappa shape index (κ2) is 7.32. The second-order valence-electron chi connectivity index (χ2n) is 5.25. The fourth-order valence-corrected chi connectivity index (χ4v) is 2.01. The number of anilines is 1. The van der Waals surface area contributed by atoms with Gasteiger partial charge in [0.05, 0.1) is 5.02 Å². The number of ether oxygens (including phenoxy) is 1. The minimum Gasteiger partial charge on any atom is -0.482 e. The van der Waals surface area contributed by atoms with Crippen LogP contribution in [0, 0.1) is 6.92 Å². The molecule has 2 aromatic rings. The van der Waals surface area contributed by atoms with Crippen molar-refractivity contribution in [1.29, 1.82) is 0 Å². The zero-order valence-corrected chi connectivity index (χ0v) is 14.2. The molecule has 0 radical (unpaired) electrons. The van der Waals surface area contributed by atoms with Crippen LogP contribution in [0.2, 0.25) is 5.02 Å². The molecule has 1 amide bonds. The number of hydrogen-bond acceptors (Lipinski definition) is 6. The van der Waals surface area contributed by atoms with Crippen LogP contribution in [-0.4, -0.2) is 41.7 Å². The molecule has 0 saturated heterocycles. The number of carbonyl (C=O) groups excluding carboxylic acids is 1. The van der Waals surface area contributed by atoms with Crippen molar-refractivity contribution in [2.45, 2.75) is 19.9 Å².